The largest absolute Gasteiger partial charge is 0.861 e. The van der Waals surface area contributed by atoms with E-state index in [0.29, 0.717) is 22.8 Å². The van der Waals surface area contributed by atoms with Gasteiger partial charge in [0.2, 0.25) is 5.27 Å². The lowest BCUT2D eigenvalue weighted by molar-refractivity contribution is -0.759. The van der Waals surface area contributed by atoms with Crippen molar-refractivity contribution in [3.63, 3.8) is 0 Å². The molecule has 0 N–H and O–H groups in total. The Morgan fingerprint density at radius 3 is 2.59 bits per heavy atom. The summed E-state index contributed by atoms with van der Waals surface area (Å²) in [7, 11) is 1.60. The third kappa shape index (κ3) is 5.24. The van der Waals surface area contributed by atoms with Crippen molar-refractivity contribution in [1.82, 2.24) is 10.3 Å². The van der Waals surface area contributed by atoms with Crippen molar-refractivity contribution in [2.45, 2.75) is 18.5 Å². The van der Waals surface area contributed by atoms with Crippen LogP contribution < -0.4 is 14.5 Å². The molecule has 0 saturated heterocycles. The van der Waals surface area contributed by atoms with Crippen LogP contribution in [0.25, 0.3) is 22.4 Å². The van der Waals surface area contributed by atoms with Crippen LogP contribution in [0.15, 0.2) is 81.4 Å². The molecule has 2 aromatic heterocycles. The van der Waals surface area contributed by atoms with Crippen LogP contribution in [0.2, 0.25) is 0 Å². The summed E-state index contributed by atoms with van der Waals surface area (Å²) in [5.74, 6) is 0.441. The van der Waals surface area contributed by atoms with Crippen molar-refractivity contribution in [2.24, 2.45) is 4.99 Å². The fourth-order valence-electron chi connectivity index (χ4n) is 3.24. The van der Waals surface area contributed by atoms with Crippen LogP contribution >= 0.6 is 11.8 Å². The van der Waals surface area contributed by atoms with Gasteiger partial charge in [0.05, 0.1) is 18.4 Å². The van der Waals surface area contributed by atoms with Gasteiger partial charge in [-0.3, -0.25) is 4.52 Å². The second kappa shape index (κ2) is 10.6. The van der Waals surface area contributed by atoms with E-state index in [9.17, 15) is 10.4 Å². The summed E-state index contributed by atoms with van der Waals surface area (Å²) >= 11 is 1.17. The molecule has 0 radical (unpaired) electrons. The second-order valence-electron chi connectivity index (χ2n) is 7.13. The van der Waals surface area contributed by atoms with Gasteiger partial charge < -0.3 is 9.84 Å². The first-order chi connectivity index (χ1) is 16.6. The molecular formula is C25H21N5O3S. The maximum absolute atomic E-state index is 12.5. The van der Waals surface area contributed by atoms with Crippen molar-refractivity contribution < 1.29 is 19.0 Å². The highest BCUT2D eigenvalue weighted by molar-refractivity contribution is 7.99. The number of hydrogen-bond donors (Lipinski definition) is 0. The summed E-state index contributed by atoms with van der Waals surface area (Å²) in [5.41, 5.74) is 3.58. The van der Waals surface area contributed by atoms with Crippen LogP contribution in [-0.2, 0) is 6.54 Å². The summed E-state index contributed by atoms with van der Waals surface area (Å²) in [4.78, 5) is 8.66. The van der Waals surface area contributed by atoms with Gasteiger partial charge in [0, 0.05) is 16.9 Å². The number of benzene rings is 2. The predicted molar refractivity (Wildman–Crippen MR) is 127 cm³/mol. The summed E-state index contributed by atoms with van der Waals surface area (Å²) < 4.78 is 11.8. The average molecular weight is 472 g/mol. The van der Waals surface area contributed by atoms with Crippen LogP contribution in [0.5, 0.6) is 5.75 Å². The molecule has 0 fully saturated rings. The van der Waals surface area contributed by atoms with Gasteiger partial charge in [0.15, 0.2) is 6.54 Å². The maximum Gasteiger partial charge on any atom is 0.320 e. The first-order valence-corrected chi connectivity index (χ1v) is 11.5. The molecule has 0 amide bonds. The number of methoxy groups -OCH3 is 1. The van der Waals surface area contributed by atoms with Gasteiger partial charge in [-0.05, 0) is 36.6 Å². The quantitative estimate of drug-likeness (QED) is 0.166. The van der Waals surface area contributed by atoms with Crippen LogP contribution in [0.1, 0.15) is 12.5 Å². The van der Waals surface area contributed by atoms with E-state index in [1.807, 2.05) is 67.6 Å². The van der Waals surface area contributed by atoms with Gasteiger partial charge in [0.1, 0.15) is 16.8 Å². The molecule has 0 spiro atoms. The fraction of sp³-hybridized carbons (Fsp3) is 0.160. The summed E-state index contributed by atoms with van der Waals surface area (Å²) in [5, 5.41) is 26.7. The van der Waals surface area contributed by atoms with E-state index >= 15 is 0 Å². The molecule has 8 nitrogen and oxygen atoms in total. The van der Waals surface area contributed by atoms with E-state index in [1.54, 1.807) is 18.0 Å². The minimum absolute atomic E-state index is 0.00516. The minimum Gasteiger partial charge on any atom is -0.861 e. The molecule has 0 aliphatic heterocycles. The van der Waals surface area contributed by atoms with Crippen molar-refractivity contribution in [3.8, 4) is 34.2 Å². The van der Waals surface area contributed by atoms with Gasteiger partial charge in [-0.1, -0.05) is 58.9 Å². The molecule has 0 saturated carbocycles. The number of rotatable bonds is 8. The van der Waals surface area contributed by atoms with Gasteiger partial charge in [-0.25, -0.2) is 9.98 Å². The predicted octanol–water partition coefficient (Wildman–Crippen LogP) is 3.77. The molecule has 0 unspecified atom stereocenters. The first-order valence-electron chi connectivity index (χ1n) is 10.5. The van der Waals surface area contributed by atoms with Crippen molar-refractivity contribution in [3.05, 3.63) is 72.4 Å². The maximum atomic E-state index is 12.5. The van der Waals surface area contributed by atoms with Gasteiger partial charge in [-0.2, -0.15) is 5.26 Å². The molecule has 9 heteroatoms. The zero-order valence-electron chi connectivity index (χ0n) is 18.6. The number of nitrogens with zero attached hydrogens (tertiary/aromatic N) is 5. The van der Waals surface area contributed by atoms with Crippen LogP contribution in [0.3, 0.4) is 0 Å². The summed E-state index contributed by atoms with van der Waals surface area (Å²) in [6.07, 6.45) is 1.55. The number of pyridine rings is 1. The first kappa shape index (κ1) is 23.0. The van der Waals surface area contributed by atoms with Gasteiger partial charge >= 0.3 is 5.88 Å². The lowest BCUT2D eigenvalue weighted by Crippen LogP contribution is -2.32. The lowest BCUT2D eigenvalue weighted by atomic mass is 9.99. The smallest absolute Gasteiger partial charge is 0.320 e. The zero-order valence-corrected chi connectivity index (χ0v) is 19.5. The van der Waals surface area contributed by atoms with Crippen molar-refractivity contribution >= 4 is 23.5 Å². The number of ether oxygens (including phenoxy) is 1. The molecule has 4 rings (SSSR count). The third-order valence-electron chi connectivity index (χ3n) is 4.96. The lowest BCUT2D eigenvalue weighted by Gasteiger charge is -2.14. The normalized spacial score (nSPS) is 11.3. The fourth-order valence-corrected chi connectivity index (χ4v) is 4.03. The van der Waals surface area contributed by atoms with Crippen molar-refractivity contribution in [1.29, 1.82) is 5.26 Å². The SMILES string of the molecule is CC[n+]1cc(/N=C(/[O-])CSc2nc(-c3ccccc3)cc(-c3ccc(OC)cc3)c2C#N)on1. The molecule has 0 atom stereocenters. The number of aromatic nitrogens is 3. The van der Waals surface area contributed by atoms with Crippen LogP contribution in [0, 0.1) is 11.3 Å². The molecule has 2 aromatic carbocycles. The van der Waals surface area contributed by atoms with E-state index in [1.165, 1.54) is 11.8 Å². The Bertz CT molecular complexity index is 1350. The third-order valence-corrected chi connectivity index (χ3v) is 5.92. The van der Waals surface area contributed by atoms with Crippen LogP contribution in [0.4, 0.5) is 5.88 Å². The summed E-state index contributed by atoms with van der Waals surface area (Å²) in [6.45, 7) is 2.51. The molecule has 2 heterocycles. The minimum atomic E-state index is -0.411. The van der Waals surface area contributed by atoms with E-state index in [-0.39, 0.29) is 11.6 Å². The van der Waals surface area contributed by atoms with Crippen molar-refractivity contribution in [2.75, 3.05) is 12.9 Å². The van der Waals surface area contributed by atoms with E-state index in [0.717, 1.165) is 22.4 Å². The molecule has 4 aromatic rings. The number of nitriles is 1. The standard InChI is InChI=1S/C25H21N5O3S/c1-3-30-15-24(33-29-30)28-23(31)16-34-25-21(14-26)20(17-9-11-19(32-2)12-10-17)13-22(27-25)18-7-5-4-6-8-18/h4-13,15H,3,16H2,1-2H3. The number of aliphatic imine (C=N–C) groups is 1. The Labute approximate surface area is 201 Å². The average Bonchev–Trinajstić information content (AvgIpc) is 3.35. The number of thioether (sulfide) groups is 1. The van der Waals surface area contributed by atoms with Gasteiger partial charge in [0.25, 0.3) is 6.20 Å². The van der Waals surface area contributed by atoms with E-state index < -0.39 is 5.90 Å². The highest BCUT2D eigenvalue weighted by atomic mass is 32.2. The second-order valence-corrected chi connectivity index (χ2v) is 8.10. The molecule has 0 aliphatic carbocycles. The molecule has 0 bridgehead atoms. The molecule has 170 valence electrons. The van der Waals surface area contributed by atoms with E-state index in [2.05, 4.69) is 16.3 Å². The van der Waals surface area contributed by atoms with Gasteiger partial charge in [-0.15, -0.1) is 0 Å². The molecule has 34 heavy (non-hydrogen) atoms. The monoisotopic (exact) mass is 471 g/mol. The Morgan fingerprint density at radius 1 is 1.18 bits per heavy atom. The highest BCUT2D eigenvalue weighted by Crippen LogP contribution is 2.34. The topological polar surface area (TPSA) is 111 Å². The molecule has 0 aliphatic rings. The Morgan fingerprint density at radius 2 is 1.94 bits per heavy atom. The Balaban J connectivity index is 1.72. The summed E-state index contributed by atoms with van der Waals surface area (Å²) in [6, 6.07) is 21.3. The Kier molecular flexibility index (Phi) is 7.20. The van der Waals surface area contributed by atoms with Crippen LogP contribution in [-0.4, -0.2) is 29.0 Å². The highest BCUT2D eigenvalue weighted by Gasteiger charge is 2.16. The van der Waals surface area contributed by atoms with E-state index in [4.69, 9.17) is 14.2 Å². The zero-order chi connectivity index (χ0) is 23.9. The molecular weight excluding hydrogens is 450 g/mol. The Hall–Kier alpha value is -4.16. The number of aryl methyl sites for hydroxylation is 1. The number of hydrogen-bond acceptors (Lipinski definition) is 8.